The van der Waals surface area contributed by atoms with Gasteiger partial charge in [-0.1, -0.05) is 18.2 Å². The third kappa shape index (κ3) is 4.55. The molecule has 0 saturated heterocycles. The van der Waals surface area contributed by atoms with E-state index < -0.39 is 12.1 Å². The molecule has 0 atom stereocenters. The van der Waals surface area contributed by atoms with Crippen LogP contribution < -0.4 is 4.74 Å². The Morgan fingerprint density at radius 3 is 2.47 bits per heavy atom. The van der Waals surface area contributed by atoms with Crippen molar-refractivity contribution in [1.29, 1.82) is 0 Å². The number of carbonyl (C=O) groups is 2. The predicted molar refractivity (Wildman–Crippen MR) is 62.0 cm³/mol. The van der Waals surface area contributed by atoms with E-state index in [0.717, 1.165) is 0 Å². The summed E-state index contributed by atoms with van der Waals surface area (Å²) in [5.74, 6) is -0.484. The highest BCUT2D eigenvalue weighted by atomic mass is 16.6. The van der Waals surface area contributed by atoms with Gasteiger partial charge in [0.05, 0.1) is 6.42 Å². The van der Waals surface area contributed by atoms with Crippen molar-refractivity contribution >= 4 is 12.1 Å². The standard InChI is InChI=1S/C12H15NO4/c1-2-13(9-8-11(14)15)12(16)17-10-6-4-3-5-7-10/h3-7H,2,8-9H2,1H3,(H,14,15). The van der Waals surface area contributed by atoms with Gasteiger partial charge in [-0.3, -0.25) is 4.79 Å². The van der Waals surface area contributed by atoms with Crippen molar-refractivity contribution in [3.05, 3.63) is 30.3 Å². The van der Waals surface area contributed by atoms with Crippen molar-refractivity contribution in [3.63, 3.8) is 0 Å². The zero-order valence-electron chi connectivity index (χ0n) is 9.63. The zero-order valence-corrected chi connectivity index (χ0v) is 9.63. The predicted octanol–water partition coefficient (Wildman–Crippen LogP) is 1.98. The average molecular weight is 237 g/mol. The minimum absolute atomic E-state index is 0.0856. The van der Waals surface area contributed by atoms with E-state index in [1.54, 1.807) is 31.2 Å². The number of rotatable bonds is 5. The third-order valence-corrected chi connectivity index (χ3v) is 2.18. The van der Waals surface area contributed by atoms with Crippen molar-refractivity contribution in [1.82, 2.24) is 4.90 Å². The van der Waals surface area contributed by atoms with Crippen LogP contribution in [0.5, 0.6) is 5.75 Å². The van der Waals surface area contributed by atoms with Crippen molar-refractivity contribution in [2.75, 3.05) is 13.1 Å². The largest absolute Gasteiger partial charge is 0.481 e. The van der Waals surface area contributed by atoms with Gasteiger partial charge in [-0.15, -0.1) is 0 Å². The fourth-order valence-electron chi connectivity index (χ4n) is 1.26. The first-order valence-corrected chi connectivity index (χ1v) is 5.37. The lowest BCUT2D eigenvalue weighted by Crippen LogP contribution is -2.35. The number of para-hydroxylation sites is 1. The minimum atomic E-state index is -0.934. The molecule has 0 aliphatic rings. The van der Waals surface area contributed by atoms with Gasteiger partial charge < -0.3 is 14.7 Å². The fraction of sp³-hybridized carbons (Fsp3) is 0.333. The van der Waals surface area contributed by atoms with Crippen LogP contribution in [0.15, 0.2) is 30.3 Å². The van der Waals surface area contributed by atoms with Gasteiger partial charge in [0.2, 0.25) is 0 Å². The molecule has 0 radical (unpaired) electrons. The van der Waals surface area contributed by atoms with E-state index in [2.05, 4.69) is 0 Å². The van der Waals surface area contributed by atoms with E-state index in [1.807, 2.05) is 6.07 Å². The van der Waals surface area contributed by atoms with E-state index >= 15 is 0 Å². The lowest BCUT2D eigenvalue weighted by atomic mass is 10.3. The summed E-state index contributed by atoms with van der Waals surface area (Å²) < 4.78 is 5.09. The summed E-state index contributed by atoms with van der Waals surface area (Å²) in [6.45, 7) is 2.34. The molecule has 17 heavy (non-hydrogen) atoms. The number of aliphatic carboxylic acids is 1. The highest BCUT2D eigenvalue weighted by Crippen LogP contribution is 2.10. The highest BCUT2D eigenvalue weighted by molar-refractivity contribution is 5.72. The number of nitrogens with zero attached hydrogens (tertiary/aromatic N) is 1. The maximum atomic E-state index is 11.7. The van der Waals surface area contributed by atoms with Crippen LogP contribution in [0.4, 0.5) is 4.79 Å². The molecule has 0 bridgehead atoms. The molecule has 5 heteroatoms. The van der Waals surface area contributed by atoms with Gasteiger partial charge in [0.1, 0.15) is 5.75 Å². The van der Waals surface area contributed by atoms with Gasteiger partial charge in [0.25, 0.3) is 0 Å². The number of carboxylic acid groups (broad SMARTS) is 1. The second-order valence-corrected chi connectivity index (χ2v) is 3.40. The van der Waals surface area contributed by atoms with Gasteiger partial charge in [-0.05, 0) is 19.1 Å². The average Bonchev–Trinajstić information content (AvgIpc) is 2.30. The Labute approximate surface area is 99.6 Å². The molecule has 1 aromatic rings. The first-order chi connectivity index (χ1) is 8.13. The molecular formula is C12H15NO4. The molecule has 1 amide bonds. The number of hydrogen-bond donors (Lipinski definition) is 1. The number of hydrogen-bond acceptors (Lipinski definition) is 3. The van der Waals surface area contributed by atoms with Gasteiger partial charge in [-0.2, -0.15) is 0 Å². The van der Waals surface area contributed by atoms with Crippen LogP contribution in [0, 0.1) is 0 Å². The Bertz CT molecular complexity index is 377. The molecule has 0 fully saturated rings. The minimum Gasteiger partial charge on any atom is -0.481 e. The van der Waals surface area contributed by atoms with Crippen LogP contribution in [0.3, 0.4) is 0 Å². The summed E-state index contributed by atoms with van der Waals surface area (Å²) in [5.41, 5.74) is 0. The molecule has 92 valence electrons. The monoisotopic (exact) mass is 237 g/mol. The van der Waals surface area contributed by atoms with Crippen molar-refractivity contribution in [3.8, 4) is 5.75 Å². The van der Waals surface area contributed by atoms with Gasteiger partial charge in [-0.25, -0.2) is 4.79 Å². The first-order valence-electron chi connectivity index (χ1n) is 5.37. The molecule has 1 aromatic carbocycles. The van der Waals surface area contributed by atoms with Crippen LogP contribution in [0.2, 0.25) is 0 Å². The Hall–Kier alpha value is -2.04. The second kappa shape index (κ2) is 6.52. The topological polar surface area (TPSA) is 66.8 Å². The molecule has 1 rings (SSSR count). The van der Waals surface area contributed by atoms with Crippen LogP contribution >= 0.6 is 0 Å². The van der Waals surface area contributed by atoms with Gasteiger partial charge in [0.15, 0.2) is 0 Å². The summed E-state index contributed by atoms with van der Waals surface area (Å²) in [4.78, 5) is 23.4. The van der Waals surface area contributed by atoms with Crippen LogP contribution in [-0.2, 0) is 4.79 Å². The summed E-state index contributed by atoms with van der Waals surface area (Å²) in [6, 6.07) is 8.68. The van der Waals surface area contributed by atoms with E-state index in [9.17, 15) is 9.59 Å². The number of carboxylic acids is 1. The number of ether oxygens (including phenoxy) is 1. The second-order valence-electron chi connectivity index (χ2n) is 3.40. The third-order valence-electron chi connectivity index (χ3n) is 2.18. The van der Waals surface area contributed by atoms with Crippen molar-refractivity contribution in [2.45, 2.75) is 13.3 Å². The summed E-state index contributed by atoms with van der Waals surface area (Å²) >= 11 is 0. The van der Waals surface area contributed by atoms with E-state index in [1.165, 1.54) is 4.90 Å². The first kappa shape index (κ1) is 13.0. The Morgan fingerprint density at radius 1 is 1.29 bits per heavy atom. The molecule has 0 saturated carbocycles. The molecule has 0 aliphatic heterocycles. The van der Waals surface area contributed by atoms with Crippen LogP contribution in [0.25, 0.3) is 0 Å². The van der Waals surface area contributed by atoms with Gasteiger partial charge in [0, 0.05) is 13.1 Å². The lowest BCUT2D eigenvalue weighted by Gasteiger charge is -2.19. The summed E-state index contributed by atoms with van der Waals surface area (Å²) in [6.07, 6.45) is -0.613. The molecular weight excluding hydrogens is 222 g/mol. The summed E-state index contributed by atoms with van der Waals surface area (Å²) in [5, 5.41) is 8.55. The van der Waals surface area contributed by atoms with Crippen molar-refractivity contribution in [2.24, 2.45) is 0 Å². The Kier molecular flexibility index (Phi) is 5.00. The molecule has 0 aromatic heterocycles. The Morgan fingerprint density at radius 2 is 1.94 bits per heavy atom. The Balaban J connectivity index is 2.52. The van der Waals surface area contributed by atoms with E-state index in [4.69, 9.17) is 9.84 Å². The van der Waals surface area contributed by atoms with Crippen LogP contribution in [-0.4, -0.2) is 35.2 Å². The lowest BCUT2D eigenvalue weighted by molar-refractivity contribution is -0.137. The molecule has 0 unspecified atom stereocenters. The van der Waals surface area contributed by atoms with E-state index in [0.29, 0.717) is 12.3 Å². The van der Waals surface area contributed by atoms with Gasteiger partial charge >= 0.3 is 12.1 Å². The van der Waals surface area contributed by atoms with E-state index in [-0.39, 0.29) is 13.0 Å². The van der Waals surface area contributed by atoms with Crippen LogP contribution in [0.1, 0.15) is 13.3 Å². The quantitative estimate of drug-likeness (QED) is 0.850. The number of amides is 1. The normalized spacial score (nSPS) is 9.71. The molecule has 0 spiro atoms. The highest BCUT2D eigenvalue weighted by Gasteiger charge is 2.14. The smallest absolute Gasteiger partial charge is 0.415 e. The molecule has 0 heterocycles. The zero-order chi connectivity index (χ0) is 12.7. The maximum absolute atomic E-state index is 11.7. The van der Waals surface area contributed by atoms with Crippen molar-refractivity contribution < 1.29 is 19.4 Å². The number of benzene rings is 1. The summed E-state index contributed by atoms with van der Waals surface area (Å²) in [7, 11) is 0. The molecule has 1 N–H and O–H groups in total. The SMILES string of the molecule is CCN(CCC(=O)O)C(=O)Oc1ccccc1. The number of carbonyl (C=O) groups excluding carboxylic acids is 1. The fourth-order valence-corrected chi connectivity index (χ4v) is 1.26. The molecule has 0 aliphatic carbocycles. The maximum Gasteiger partial charge on any atom is 0.415 e. The molecule has 5 nitrogen and oxygen atoms in total.